The summed E-state index contributed by atoms with van der Waals surface area (Å²) >= 11 is 0. The van der Waals surface area contributed by atoms with Gasteiger partial charge in [0.15, 0.2) is 5.78 Å². The summed E-state index contributed by atoms with van der Waals surface area (Å²) in [4.78, 5) is 22.6. The number of hydrogen-bond donors (Lipinski definition) is 0. The van der Waals surface area contributed by atoms with Crippen molar-refractivity contribution in [2.75, 3.05) is 0 Å². The maximum atomic E-state index is 11.4. The van der Waals surface area contributed by atoms with E-state index in [1.807, 2.05) is 0 Å². The Morgan fingerprint density at radius 3 is 2.77 bits per heavy atom. The van der Waals surface area contributed by atoms with Gasteiger partial charge in [-0.3, -0.25) is 9.59 Å². The number of ketones is 2. The van der Waals surface area contributed by atoms with E-state index in [2.05, 4.69) is 0 Å². The van der Waals surface area contributed by atoms with E-state index in [1.54, 1.807) is 6.07 Å². The van der Waals surface area contributed by atoms with Crippen molar-refractivity contribution in [3.63, 3.8) is 0 Å². The van der Waals surface area contributed by atoms with Gasteiger partial charge in [-0.05, 0) is 18.9 Å². The van der Waals surface area contributed by atoms with Crippen LogP contribution in [-0.2, 0) is 4.79 Å². The molecule has 13 heavy (non-hydrogen) atoms. The lowest BCUT2D eigenvalue weighted by molar-refractivity contribution is -0.119. The zero-order chi connectivity index (χ0) is 9.26. The van der Waals surface area contributed by atoms with Crippen LogP contribution in [0.3, 0.4) is 0 Å². The van der Waals surface area contributed by atoms with Gasteiger partial charge in [0.05, 0.1) is 18.2 Å². The third-order valence-electron chi connectivity index (χ3n) is 2.21. The van der Waals surface area contributed by atoms with E-state index in [1.165, 1.54) is 12.5 Å². The number of carbonyl (C=O) groups is 2. The van der Waals surface area contributed by atoms with Crippen molar-refractivity contribution in [3.8, 4) is 0 Å². The topological polar surface area (TPSA) is 47.3 Å². The number of hydrogen-bond acceptors (Lipinski definition) is 3. The molecular formula is C10H10O3. The average Bonchev–Trinajstić information content (AvgIpc) is 2.81. The van der Waals surface area contributed by atoms with Crippen LogP contribution < -0.4 is 0 Å². The molecule has 0 aromatic carbocycles. The zero-order valence-electron chi connectivity index (χ0n) is 7.16. The fourth-order valence-electron chi connectivity index (χ4n) is 1.23. The van der Waals surface area contributed by atoms with Crippen molar-refractivity contribution in [1.29, 1.82) is 0 Å². The molecule has 3 heteroatoms. The predicted octanol–water partition coefficient (Wildman–Crippen LogP) is 1.83. The van der Waals surface area contributed by atoms with Gasteiger partial charge >= 0.3 is 0 Å². The molecule has 0 N–H and O–H groups in total. The van der Waals surface area contributed by atoms with Gasteiger partial charge < -0.3 is 4.42 Å². The largest absolute Gasteiger partial charge is 0.472 e. The van der Waals surface area contributed by atoms with Crippen LogP contribution in [0, 0.1) is 5.92 Å². The second kappa shape index (κ2) is 3.17. The Balaban J connectivity index is 1.95. The molecule has 68 valence electrons. The first-order valence-electron chi connectivity index (χ1n) is 4.35. The summed E-state index contributed by atoms with van der Waals surface area (Å²) in [5.41, 5.74) is 0.494. The van der Waals surface area contributed by atoms with Crippen LogP contribution in [0.4, 0.5) is 0 Å². The minimum absolute atomic E-state index is 0.0319. The Labute approximate surface area is 75.7 Å². The Morgan fingerprint density at radius 1 is 1.46 bits per heavy atom. The molecule has 0 atom stereocenters. The molecule has 1 heterocycles. The van der Waals surface area contributed by atoms with Gasteiger partial charge in [0.25, 0.3) is 0 Å². The highest BCUT2D eigenvalue weighted by Crippen LogP contribution is 2.31. The molecule has 0 bridgehead atoms. The number of furan rings is 1. The van der Waals surface area contributed by atoms with E-state index in [0.717, 1.165) is 12.8 Å². The summed E-state index contributed by atoms with van der Waals surface area (Å²) in [6.45, 7) is 0. The molecular weight excluding hydrogens is 168 g/mol. The van der Waals surface area contributed by atoms with Crippen molar-refractivity contribution in [1.82, 2.24) is 0 Å². The maximum Gasteiger partial charge on any atom is 0.173 e. The van der Waals surface area contributed by atoms with E-state index in [9.17, 15) is 9.59 Å². The highest BCUT2D eigenvalue weighted by atomic mass is 16.3. The van der Waals surface area contributed by atoms with Crippen LogP contribution in [0.5, 0.6) is 0 Å². The van der Waals surface area contributed by atoms with Gasteiger partial charge in [0, 0.05) is 5.92 Å². The maximum absolute atomic E-state index is 11.4. The minimum atomic E-state index is -0.134. The van der Waals surface area contributed by atoms with Gasteiger partial charge in [-0.25, -0.2) is 0 Å². The highest BCUT2D eigenvalue weighted by molar-refractivity contribution is 6.08. The van der Waals surface area contributed by atoms with Gasteiger partial charge in [0.2, 0.25) is 0 Å². The molecule has 3 nitrogen and oxygen atoms in total. The molecule has 0 amide bonds. The predicted molar refractivity (Wildman–Crippen MR) is 45.4 cm³/mol. The minimum Gasteiger partial charge on any atom is -0.472 e. The summed E-state index contributed by atoms with van der Waals surface area (Å²) in [5.74, 6) is 0.104. The first-order chi connectivity index (χ1) is 6.27. The first kappa shape index (κ1) is 8.23. The quantitative estimate of drug-likeness (QED) is 0.522. The molecule has 1 aliphatic rings. The second-order valence-electron chi connectivity index (χ2n) is 3.35. The van der Waals surface area contributed by atoms with Crippen LogP contribution in [0.25, 0.3) is 0 Å². The van der Waals surface area contributed by atoms with Crippen LogP contribution in [0.15, 0.2) is 23.0 Å². The van der Waals surface area contributed by atoms with Crippen molar-refractivity contribution in [2.45, 2.75) is 19.3 Å². The molecule has 1 aromatic rings. The van der Waals surface area contributed by atoms with Crippen molar-refractivity contribution in [3.05, 3.63) is 24.2 Å². The summed E-state index contributed by atoms with van der Waals surface area (Å²) in [5, 5.41) is 0. The molecule has 1 fully saturated rings. The normalized spacial score (nSPS) is 15.7. The van der Waals surface area contributed by atoms with Crippen LogP contribution >= 0.6 is 0 Å². The molecule has 1 aromatic heterocycles. The lowest BCUT2D eigenvalue weighted by Crippen LogP contribution is -2.08. The molecule has 0 saturated heterocycles. The Bertz CT molecular complexity index is 320. The summed E-state index contributed by atoms with van der Waals surface area (Å²) in [6.07, 6.45) is 4.76. The third-order valence-corrected chi connectivity index (χ3v) is 2.21. The van der Waals surface area contributed by atoms with E-state index >= 15 is 0 Å². The summed E-state index contributed by atoms with van der Waals surface area (Å²) in [7, 11) is 0. The third kappa shape index (κ3) is 1.86. The van der Waals surface area contributed by atoms with Crippen LogP contribution in [0.1, 0.15) is 29.6 Å². The van der Waals surface area contributed by atoms with Gasteiger partial charge in [-0.1, -0.05) is 0 Å². The molecule has 2 rings (SSSR count). The first-order valence-corrected chi connectivity index (χ1v) is 4.35. The lowest BCUT2D eigenvalue weighted by atomic mass is 10.1. The fraction of sp³-hybridized carbons (Fsp3) is 0.400. The molecule has 1 saturated carbocycles. The molecule has 1 aliphatic carbocycles. The Hall–Kier alpha value is -1.38. The molecule has 0 unspecified atom stereocenters. The second-order valence-corrected chi connectivity index (χ2v) is 3.35. The monoisotopic (exact) mass is 178 g/mol. The van der Waals surface area contributed by atoms with E-state index < -0.39 is 0 Å². The summed E-state index contributed by atoms with van der Waals surface area (Å²) < 4.78 is 4.76. The highest BCUT2D eigenvalue weighted by Gasteiger charge is 2.30. The van der Waals surface area contributed by atoms with E-state index in [4.69, 9.17) is 4.42 Å². The van der Waals surface area contributed by atoms with Crippen molar-refractivity contribution >= 4 is 11.6 Å². The van der Waals surface area contributed by atoms with Crippen molar-refractivity contribution in [2.24, 2.45) is 5.92 Å². The standard InChI is InChI=1S/C10H10O3/c11-9(7-1-2-7)5-10(12)8-3-4-13-6-8/h3-4,6-7H,1-2,5H2. The number of rotatable bonds is 4. The Morgan fingerprint density at radius 2 is 2.23 bits per heavy atom. The Kier molecular flexibility index (Phi) is 2.00. The van der Waals surface area contributed by atoms with Crippen LogP contribution in [-0.4, -0.2) is 11.6 Å². The average molecular weight is 178 g/mol. The van der Waals surface area contributed by atoms with E-state index in [0.29, 0.717) is 5.56 Å². The van der Waals surface area contributed by atoms with Gasteiger partial charge in [0.1, 0.15) is 12.0 Å². The van der Waals surface area contributed by atoms with Gasteiger partial charge in [-0.2, -0.15) is 0 Å². The van der Waals surface area contributed by atoms with Gasteiger partial charge in [-0.15, -0.1) is 0 Å². The SMILES string of the molecule is O=C(CC(=O)C1CC1)c1ccoc1. The van der Waals surface area contributed by atoms with Crippen LogP contribution in [0.2, 0.25) is 0 Å². The van der Waals surface area contributed by atoms with E-state index in [-0.39, 0.29) is 23.9 Å². The number of carbonyl (C=O) groups excluding carboxylic acids is 2. The lowest BCUT2D eigenvalue weighted by Gasteiger charge is -1.94. The smallest absolute Gasteiger partial charge is 0.173 e. The molecule has 0 radical (unpaired) electrons. The fourth-order valence-corrected chi connectivity index (χ4v) is 1.23. The zero-order valence-corrected chi connectivity index (χ0v) is 7.16. The summed E-state index contributed by atoms with van der Waals surface area (Å²) in [6, 6.07) is 1.59. The number of Topliss-reactive ketones (excluding diaryl/α,β-unsaturated/α-hetero) is 2. The van der Waals surface area contributed by atoms with Crippen molar-refractivity contribution < 1.29 is 14.0 Å². The molecule has 0 aliphatic heterocycles. The molecule has 0 spiro atoms.